The largest absolute Gasteiger partial charge is 0.488 e. The van der Waals surface area contributed by atoms with Crippen molar-refractivity contribution in [1.82, 2.24) is 64.0 Å². The summed E-state index contributed by atoms with van der Waals surface area (Å²) in [4.78, 5) is 59.4. The molecule has 15 rings (SSSR count). The number of aromatic nitrogens is 10. The summed E-state index contributed by atoms with van der Waals surface area (Å²) >= 11 is 1.22. The van der Waals surface area contributed by atoms with Crippen LogP contribution in [0.15, 0.2) is 121 Å². The van der Waals surface area contributed by atoms with Crippen LogP contribution in [0.5, 0.6) is 17.2 Å². The van der Waals surface area contributed by atoms with Gasteiger partial charge >= 0.3 is 0 Å². The van der Waals surface area contributed by atoms with Gasteiger partial charge in [0.25, 0.3) is 21.8 Å². The van der Waals surface area contributed by atoms with Gasteiger partial charge in [-0.3, -0.25) is 29.2 Å². The lowest BCUT2D eigenvalue weighted by atomic mass is 9.92. The Balaban J connectivity index is 0.000000130. The summed E-state index contributed by atoms with van der Waals surface area (Å²) in [7, 11) is -0.0342. The van der Waals surface area contributed by atoms with E-state index in [0.29, 0.717) is 36.6 Å². The normalized spacial score (nSPS) is 21.7. The molecule has 0 atom stereocenters. The summed E-state index contributed by atoms with van der Waals surface area (Å²) in [6.07, 6.45) is 25.6. The molecule has 28 heteroatoms. The lowest BCUT2D eigenvalue weighted by molar-refractivity contribution is 0.0884. The van der Waals surface area contributed by atoms with E-state index in [4.69, 9.17) is 28.4 Å². The number of amides is 2. The van der Waals surface area contributed by atoms with Crippen molar-refractivity contribution in [3.05, 3.63) is 127 Å². The van der Waals surface area contributed by atoms with Crippen LogP contribution < -0.4 is 44.3 Å². The van der Waals surface area contributed by atoms with Gasteiger partial charge in [-0.25, -0.2) is 32.5 Å². The minimum atomic E-state index is -3.62. The molecule has 3 saturated heterocycles. The average molecular weight is 1350 g/mol. The highest BCUT2D eigenvalue weighted by Gasteiger charge is 2.31. The molecule has 0 radical (unpaired) electrons. The molecule has 6 aliphatic rings. The van der Waals surface area contributed by atoms with Crippen LogP contribution in [0.2, 0.25) is 0 Å². The van der Waals surface area contributed by atoms with Crippen molar-refractivity contribution in [3.63, 3.8) is 0 Å². The number of morpholine rings is 3. The number of anilines is 3. The Morgan fingerprint density at radius 1 is 0.490 bits per heavy atom. The number of rotatable bonds is 16. The van der Waals surface area contributed by atoms with Crippen LogP contribution in [0.25, 0.3) is 33.1 Å². The fourth-order valence-corrected chi connectivity index (χ4v) is 15.0. The molecule has 506 valence electrons. The molecule has 6 fully saturated rings. The number of benzene rings is 3. The predicted octanol–water partition coefficient (Wildman–Crippen LogP) is 7.84. The van der Waals surface area contributed by atoms with Gasteiger partial charge in [-0.1, -0.05) is 0 Å². The third-order valence-corrected chi connectivity index (χ3v) is 20.6. The third-order valence-electron chi connectivity index (χ3n) is 18.4. The van der Waals surface area contributed by atoms with Crippen molar-refractivity contribution in [2.24, 2.45) is 14.1 Å². The molecule has 0 bridgehead atoms. The average Bonchev–Trinajstić information content (AvgIpc) is 1.07. The number of sulfonamides is 1. The van der Waals surface area contributed by atoms with Gasteiger partial charge in [-0.2, -0.15) is 5.10 Å². The maximum Gasteiger partial charge on any atom is 0.268 e. The van der Waals surface area contributed by atoms with Crippen molar-refractivity contribution in [2.45, 2.75) is 119 Å². The van der Waals surface area contributed by atoms with E-state index in [1.165, 1.54) is 22.3 Å². The summed E-state index contributed by atoms with van der Waals surface area (Å²) in [5.41, 5.74) is 8.75. The molecule has 3 aliphatic carbocycles. The lowest BCUT2D eigenvalue weighted by Gasteiger charge is -2.31. The van der Waals surface area contributed by atoms with Crippen molar-refractivity contribution >= 4 is 83.5 Å². The van der Waals surface area contributed by atoms with Crippen molar-refractivity contribution < 1.29 is 46.4 Å². The highest BCUT2D eigenvalue weighted by atomic mass is 32.2. The fourth-order valence-electron chi connectivity index (χ4n) is 13.2. The molecule has 26 nitrogen and oxygen atoms in total. The minimum absolute atomic E-state index is 0.00857. The molecule has 96 heavy (non-hydrogen) atoms. The van der Waals surface area contributed by atoms with E-state index in [-0.39, 0.29) is 53.3 Å². The predicted molar refractivity (Wildman–Crippen MR) is 364 cm³/mol. The molecule has 6 aromatic heterocycles. The summed E-state index contributed by atoms with van der Waals surface area (Å²) in [6.45, 7) is 9.40. The summed E-state index contributed by atoms with van der Waals surface area (Å²) in [6, 6.07) is 19.6. The summed E-state index contributed by atoms with van der Waals surface area (Å²) in [5, 5.41) is 10.4. The van der Waals surface area contributed by atoms with Gasteiger partial charge in [-0.05, 0) is 131 Å². The smallest absolute Gasteiger partial charge is 0.268 e. The minimum Gasteiger partial charge on any atom is -0.488 e. The number of carbonyl (C=O) groups is 2. The second kappa shape index (κ2) is 31.0. The van der Waals surface area contributed by atoms with Crippen LogP contribution in [-0.2, 0) is 38.3 Å². The zero-order valence-corrected chi connectivity index (χ0v) is 55.8. The molecular formula is C68H82N16O10S2. The van der Waals surface area contributed by atoms with Crippen LogP contribution >= 0.6 is 11.5 Å². The second-order valence-electron chi connectivity index (χ2n) is 25.0. The molecule has 3 aromatic carbocycles. The molecule has 9 heterocycles. The topological polar surface area (TPSA) is 282 Å². The van der Waals surface area contributed by atoms with Crippen LogP contribution in [0.4, 0.5) is 17.1 Å². The number of nitrogens with zero attached hydrogens (tertiary/aromatic N) is 13. The van der Waals surface area contributed by atoms with E-state index >= 15 is 0 Å². The number of nitrogens with one attached hydrogen (secondary N) is 3. The van der Waals surface area contributed by atoms with Gasteiger partial charge in [0.1, 0.15) is 44.4 Å². The number of carbonyl (C=O) groups excluding carboxylic acids is 2. The van der Waals surface area contributed by atoms with Crippen LogP contribution in [0.3, 0.4) is 0 Å². The second-order valence-corrected chi connectivity index (χ2v) is 27.4. The highest BCUT2D eigenvalue weighted by Crippen LogP contribution is 2.37. The Morgan fingerprint density at radius 3 is 1.27 bits per heavy atom. The van der Waals surface area contributed by atoms with E-state index in [0.717, 1.165) is 197 Å². The Bertz CT molecular complexity index is 4180. The first kappa shape index (κ1) is 66.0. The molecule has 0 spiro atoms. The molecule has 3 saturated carbocycles. The number of hydrogen-bond donors (Lipinski definition) is 3. The van der Waals surface area contributed by atoms with Gasteiger partial charge in [-0.15, -0.1) is 0 Å². The van der Waals surface area contributed by atoms with Crippen LogP contribution in [0, 0.1) is 0 Å². The SMILES string of the molecule is Cn1ccc(S(=O)(=O)NC2CCC(Oc3cc(N4CCOCC4)cc4nccnc34)CC2)n1.Cn1cccc1C(=O)NC1CCC(Oc2cc(N3CCOCC3)cc3nccnc23)CC1.O=C(NC1CCC(Oc2cc(N3CCOCC3)cc3nccnc23)CC1)c1ccns1. The van der Waals surface area contributed by atoms with Gasteiger partial charge in [0.05, 0.1) is 74.5 Å². The number of fused-ring (bicyclic) bond motifs is 3. The zero-order valence-electron chi connectivity index (χ0n) is 54.1. The first-order valence-corrected chi connectivity index (χ1v) is 35.5. The first-order chi connectivity index (χ1) is 46.9. The standard InChI is InChI=1S/C24H29N5O3.C22H28N6O4S.C22H25N5O3S/c1-28-10-2-3-21(28)24(30)27-17-4-6-19(7-5-17)32-22-16-18(29-11-13-31-14-12-29)15-20-23(22)26-9-8-25-20;1-27-9-6-21(25-27)33(29,30)26-16-2-4-18(5-3-16)32-20-15-17(28-10-12-31-13-11-28)14-19-22(20)24-8-7-23-19;28-22(20-5-6-25-31-20)26-15-1-3-17(4-2-15)30-19-14-16(27-9-11-29-12-10-27)13-18-21(19)24-8-7-23-18/h2-3,8-10,15-17,19H,4-7,11-14H2,1H3,(H,27,30);6-9,14-16,18,26H,2-5,10-13H2,1H3;5-8,13-15,17H,1-4,9-12H2,(H,26,28). The Kier molecular flexibility index (Phi) is 21.3. The quantitative estimate of drug-likeness (QED) is 0.0830. The van der Waals surface area contributed by atoms with E-state index in [1.807, 2.05) is 42.1 Å². The molecule has 2 amide bonds. The van der Waals surface area contributed by atoms with Gasteiger partial charge in [0, 0.05) is 163 Å². The van der Waals surface area contributed by atoms with Crippen LogP contribution in [0.1, 0.15) is 97.2 Å². The van der Waals surface area contributed by atoms with Crippen LogP contribution in [-0.4, -0.2) is 184 Å². The third kappa shape index (κ3) is 16.6. The Hall–Kier alpha value is -8.67. The Labute approximate surface area is 561 Å². The fraction of sp³-hybridized carbons (Fsp3) is 0.471. The summed E-state index contributed by atoms with van der Waals surface area (Å²) < 4.78 is 71.1. The number of aryl methyl sites for hydroxylation is 2. The van der Waals surface area contributed by atoms with Gasteiger partial charge in [0.2, 0.25) is 0 Å². The lowest BCUT2D eigenvalue weighted by Crippen LogP contribution is -2.40. The Morgan fingerprint density at radius 2 is 0.896 bits per heavy atom. The van der Waals surface area contributed by atoms with Crippen molar-refractivity contribution in [3.8, 4) is 17.2 Å². The van der Waals surface area contributed by atoms with Gasteiger partial charge < -0.3 is 58.3 Å². The zero-order chi connectivity index (χ0) is 65.8. The van der Waals surface area contributed by atoms with E-state index < -0.39 is 10.0 Å². The van der Waals surface area contributed by atoms with Crippen molar-refractivity contribution in [1.29, 1.82) is 0 Å². The maximum atomic E-state index is 12.6. The molecule has 3 N–H and O–H groups in total. The molecule has 9 aromatic rings. The molecule has 0 unspecified atom stereocenters. The summed E-state index contributed by atoms with van der Waals surface area (Å²) in [5.74, 6) is 2.24. The number of hydrogen-bond acceptors (Lipinski definition) is 22. The van der Waals surface area contributed by atoms with E-state index in [9.17, 15) is 18.0 Å². The molecule has 3 aliphatic heterocycles. The number of ether oxygens (including phenoxy) is 6. The van der Waals surface area contributed by atoms with Gasteiger partial charge in [0.15, 0.2) is 5.03 Å². The monoisotopic (exact) mass is 1350 g/mol. The maximum absolute atomic E-state index is 12.6. The highest BCUT2D eigenvalue weighted by molar-refractivity contribution is 7.89. The van der Waals surface area contributed by atoms with Crippen molar-refractivity contribution in [2.75, 3.05) is 93.6 Å². The van der Waals surface area contributed by atoms with E-state index in [2.05, 4.69) is 93.7 Å². The van der Waals surface area contributed by atoms with E-state index in [1.54, 1.807) is 62.7 Å². The first-order valence-electron chi connectivity index (χ1n) is 33.3. The molecular weight excluding hydrogens is 1260 g/mol.